The Morgan fingerprint density at radius 2 is 1.62 bits per heavy atom. The quantitative estimate of drug-likeness (QED) is 0.339. The Labute approximate surface area is 146 Å². The minimum Gasteiger partial charge on any atom is -0.438 e. The van der Waals surface area contributed by atoms with Crippen LogP contribution in [0.2, 0.25) is 0 Å². The van der Waals surface area contributed by atoms with Crippen LogP contribution in [0.5, 0.6) is 0 Å². The number of carbonyl (C=O) groups is 3. The topological polar surface area (TPSA) is 75.7 Å². The molecule has 0 radical (unpaired) electrons. The number of hydrogen-bond donors (Lipinski definition) is 1. The fraction of sp³-hybridized carbons (Fsp3) is 0.462. The third-order valence-corrected chi connectivity index (χ3v) is 3.88. The van der Waals surface area contributed by atoms with Crippen molar-refractivity contribution in [3.63, 3.8) is 0 Å². The third-order valence-electron chi connectivity index (χ3n) is 2.80. The highest BCUT2D eigenvalue weighted by Crippen LogP contribution is 2.26. The Morgan fingerprint density at radius 1 is 1.08 bits per heavy atom. The number of hydrogen-bond acceptors (Lipinski definition) is 6. The molecule has 1 unspecified atom stereocenters. The van der Waals surface area contributed by atoms with Crippen LogP contribution >= 0.6 is 11.3 Å². The molecule has 0 bridgehead atoms. The summed E-state index contributed by atoms with van der Waals surface area (Å²) in [6, 6.07) is 1.77. The molecule has 0 spiro atoms. The maximum Gasteiger partial charge on any atom is 0.490 e. The van der Waals surface area contributed by atoms with Crippen LogP contribution in [0.1, 0.15) is 19.3 Å². The number of nitrogens with one attached hydrogen (secondary N) is 1. The lowest BCUT2D eigenvalue weighted by atomic mass is 10.3. The van der Waals surface area contributed by atoms with E-state index in [1.807, 2.05) is 0 Å². The van der Waals surface area contributed by atoms with Crippen molar-refractivity contribution in [3.05, 3.63) is 21.9 Å². The lowest BCUT2D eigenvalue weighted by Gasteiger charge is -2.24. The molecular formula is C13H12F6N2O4S. The number of esters is 1. The standard InChI is InChI=1S/C13H12F6N2O4S/c1-21(2)8(25-11(24)13(17,18)19)5-20-10(23)7-4-3-6(26-7)9(22)12(14,15)16/h3-4,8H,5H2,1-2H3,(H,20,23). The first kappa shape index (κ1) is 21.9. The SMILES string of the molecule is CN(C)C(CNC(=O)c1ccc(C(=O)C(F)(F)F)s1)OC(=O)C(F)(F)F. The predicted molar refractivity (Wildman–Crippen MR) is 76.7 cm³/mol. The molecule has 1 atom stereocenters. The number of likely N-dealkylation sites (N-methyl/N-ethyl adjacent to an activating group) is 1. The maximum atomic E-state index is 12.3. The molecule has 1 aromatic heterocycles. The molecular weight excluding hydrogens is 394 g/mol. The summed E-state index contributed by atoms with van der Waals surface area (Å²) in [4.78, 5) is 33.9. The summed E-state index contributed by atoms with van der Waals surface area (Å²) in [6.07, 6.45) is -11.8. The Balaban J connectivity index is 2.73. The van der Waals surface area contributed by atoms with Crippen LogP contribution in [-0.4, -0.2) is 61.8 Å². The predicted octanol–water partition coefficient (Wildman–Crippen LogP) is 2.22. The van der Waals surface area contributed by atoms with Gasteiger partial charge in [0.1, 0.15) is 0 Å². The highest BCUT2D eigenvalue weighted by Gasteiger charge is 2.43. The van der Waals surface area contributed by atoms with Gasteiger partial charge in [0.2, 0.25) is 0 Å². The van der Waals surface area contributed by atoms with E-state index in [1.165, 1.54) is 14.1 Å². The van der Waals surface area contributed by atoms with E-state index in [0.29, 0.717) is 0 Å². The first-order valence-corrected chi connectivity index (χ1v) is 7.49. The fourth-order valence-corrected chi connectivity index (χ4v) is 2.39. The Morgan fingerprint density at radius 3 is 2.08 bits per heavy atom. The molecule has 146 valence electrons. The highest BCUT2D eigenvalue weighted by molar-refractivity contribution is 7.16. The smallest absolute Gasteiger partial charge is 0.438 e. The van der Waals surface area contributed by atoms with Crippen LogP contribution in [0, 0.1) is 0 Å². The number of amides is 1. The summed E-state index contributed by atoms with van der Waals surface area (Å²) in [7, 11) is 2.57. The van der Waals surface area contributed by atoms with Crippen LogP contribution in [0.3, 0.4) is 0 Å². The van der Waals surface area contributed by atoms with E-state index in [9.17, 15) is 40.7 Å². The molecule has 1 rings (SSSR count). The van der Waals surface area contributed by atoms with E-state index >= 15 is 0 Å². The van der Waals surface area contributed by atoms with E-state index in [4.69, 9.17) is 0 Å². The van der Waals surface area contributed by atoms with Gasteiger partial charge in [0.05, 0.1) is 16.3 Å². The van der Waals surface area contributed by atoms with Gasteiger partial charge in [-0.1, -0.05) is 0 Å². The molecule has 0 saturated carbocycles. The van der Waals surface area contributed by atoms with Crippen molar-refractivity contribution in [2.45, 2.75) is 18.6 Å². The summed E-state index contributed by atoms with van der Waals surface area (Å²) in [5.41, 5.74) is 0. The minimum absolute atomic E-state index is 0.266. The van der Waals surface area contributed by atoms with Gasteiger partial charge in [-0.15, -0.1) is 11.3 Å². The number of ketones is 1. The zero-order valence-electron chi connectivity index (χ0n) is 13.2. The zero-order valence-corrected chi connectivity index (χ0v) is 14.0. The number of carbonyl (C=O) groups excluding carboxylic acids is 3. The van der Waals surface area contributed by atoms with Gasteiger partial charge in [0, 0.05) is 0 Å². The van der Waals surface area contributed by atoms with Crippen molar-refractivity contribution in [3.8, 4) is 0 Å². The summed E-state index contributed by atoms with van der Waals surface area (Å²) in [5, 5.41) is 2.12. The molecule has 0 saturated heterocycles. The third kappa shape index (κ3) is 5.98. The van der Waals surface area contributed by atoms with Gasteiger partial charge in [0.25, 0.3) is 11.7 Å². The largest absolute Gasteiger partial charge is 0.490 e. The summed E-state index contributed by atoms with van der Waals surface area (Å²) >= 11 is 0.271. The zero-order chi connectivity index (χ0) is 20.3. The first-order valence-electron chi connectivity index (χ1n) is 6.67. The molecule has 1 heterocycles. The van der Waals surface area contributed by atoms with Crippen molar-refractivity contribution in [1.82, 2.24) is 10.2 Å². The van der Waals surface area contributed by atoms with Crippen LogP contribution in [-0.2, 0) is 9.53 Å². The van der Waals surface area contributed by atoms with Crippen LogP contribution in [0.25, 0.3) is 0 Å². The summed E-state index contributed by atoms with van der Waals surface area (Å²) in [5.74, 6) is -5.52. The second-order valence-electron chi connectivity index (χ2n) is 5.02. The molecule has 1 amide bonds. The molecule has 1 N–H and O–H groups in total. The van der Waals surface area contributed by atoms with Crippen molar-refractivity contribution in [2.75, 3.05) is 20.6 Å². The average molecular weight is 406 g/mol. The van der Waals surface area contributed by atoms with E-state index in [-0.39, 0.29) is 16.2 Å². The maximum absolute atomic E-state index is 12.3. The van der Waals surface area contributed by atoms with Crippen molar-refractivity contribution in [1.29, 1.82) is 0 Å². The number of rotatable bonds is 6. The van der Waals surface area contributed by atoms with E-state index in [2.05, 4.69) is 10.1 Å². The monoisotopic (exact) mass is 406 g/mol. The number of ether oxygens (including phenoxy) is 1. The lowest BCUT2D eigenvalue weighted by Crippen LogP contribution is -2.45. The number of nitrogens with zero attached hydrogens (tertiary/aromatic N) is 1. The molecule has 1 aromatic rings. The molecule has 0 aliphatic rings. The number of halogens is 6. The van der Waals surface area contributed by atoms with Crippen molar-refractivity contribution >= 4 is 29.0 Å². The van der Waals surface area contributed by atoms with E-state index in [0.717, 1.165) is 17.0 Å². The first-order chi connectivity index (χ1) is 11.7. The lowest BCUT2D eigenvalue weighted by molar-refractivity contribution is -0.210. The normalized spacial score (nSPS) is 13.4. The Bertz CT molecular complexity index is 683. The minimum atomic E-state index is -5.22. The van der Waals surface area contributed by atoms with Gasteiger partial charge in [-0.2, -0.15) is 26.3 Å². The van der Waals surface area contributed by atoms with Gasteiger partial charge in [-0.25, -0.2) is 4.79 Å². The molecule has 0 fully saturated rings. The Hall–Kier alpha value is -2.15. The molecule has 0 aliphatic heterocycles. The van der Waals surface area contributed by atoms with E-state index in [1.54, 1.807) is 0 Å². The second kappa shape index (κ2) is 8.03. The molecule has 6 nitrogen and oxygen atoms in total. The van der Waals surface area contributed by atoms with Crippen molar-refractivity contribution < 1.29 is 45.5 Å². The van der Waals surface area contributed by atoms with Crippen LogP contribution in [0.4, 0.5) is 26.3 Å². The van der Waals surface area contributed by atoms with Crippen molar-refractivity contribution in [2.24, 2.45) is 0 Å². The number of alkyl halides is 6. The summed E-state index contributed by atoms with van der Waals surface area (Å²) in [6.45, 7) is -0.561. The van der Waals surface area contributed by atoms with Gasteiger partial charge in [-0.05, 0) is 26.2 Å². The Kier molecular flexibility index (Phi) is 6.76. The number of thiophene rings is 1. The van der Waals surface area contributed by atoms with E-state index < -0.39 is 47.7 Å². The molecule has 13 heteroatoms. The van der Waals surface area contributed by atoms with Crippen LogP contribution in [0.15, 0.2) is 12.1 Å². The van der Waals surface area contributed by atoms with Gasteiger partial charge < -0.3 is 10.1 Å². The second-order valence-corrected chi connectivity index (χ2v) is 6.11. The van der Waals surface area contributed by atoms with Gasteiger partial charge in [0.15, 0.2) is 6.23 Å². The summed E-state index contributed by atoms with van der Waals surface area (Å²) < 4.78 is 77.8. The number of Topliss-reactive ketones (excluding diaryl/α,β-unsaturated/α-hetero) is 1. The van der Waals surface area contributed by atoms with Gasteiger partial charge in [-0.3, -0.25) is 14.5 Å². The highest BCUT2D eigenvalue weighted by atomic mass is 32.1. The molecule has 26 heavy (non-hydrogen) atoms. The molecule has 0 aromatic carbocycles. The average Bonchev–Trinajstić information content (AvgIpc) is 2.97. The van der Waals surface area contributed by atoms with Crippen LogP contribution < -0.4 is 5.32 Å². The van der Waals surface area contributed by atoms with Gasteiger partial charge >= 0.3 is 18.3 Å². The fourth-order valence-electron chi connectivity index (χ4n) is 1.51. The molecule has 0 aliphatic carbocycles.